The van der Waals surface area contributed by atoms with Gasteiger partial charge in [0.15, 0.2) is 0 Å². The summed E-state index contributed by atoms with van der Waals surface area (Å²) in [6.07, 6.45) is 1.60. The number of amides is 1. The number of hydrogen-bond donors (Lipinski definition) is 1. The Morgan fingerprint density at radius 3 is 2.87 bits per heavy atom. The molecule has 0 atom stereocenters. The number of aromatic nitrogens is 2. The van der Waals surface area contributed by atoms with Crippen molar-refractivity contribution in [3.05, 3.63) is 80.9 Å². The Morgan fingerprint density at radius 1 is 1.26 bits per heavy atom. The van der Waals surface area contributed by atoms with Gasteiger partial charge in [-0.25, -0.2) is 4.98 Å². The first-order valence-corrected chi connectivity index (χ1v) is 7.44. The van der Waals surface area contributed by atoms with Crippen LogP contribution >= 0.6 is 11.6 Å². The number of hydrogen-bond acceptors (Lipinski definition) is 3. The van der Waals surface area contributed by atoms with E-state index in [9.17, 15) is 9.59 Å². The van der Waals surface area contributed by atoms with E-state index in [0.29, 0.717) is 16.4 Å². The average Bonchev–Trinajstić information content (AvgIpc) is 2.53. The molecule has 2 heterocycles. The molecule has 2 aromatic heterocycles. The maximum atomic E-state index is 12.5. The van der Waals surface area contributed by atoms with Crippen LogP contribution < -0.4 is 10.9 Å². The average molecular weight is 328 g/mol. The third-order valence-corrected chi connectivity index (χ3v) is 3.72. The number of halogens is 1. The summed E-state index contributed by atoms with van der Waals surface area (Å²) < 4.78 is 1.36. The molecule has 0 spiro atoms. The summed E-state index contributed by atoms with van der Waals surface area (Å²) in [6, 6.07) is 12.4. The molecule has 1 aromatic carbocycles. The molecular weight excluding hydrogens is 314 g/mol. The normalized spacial score (nSPS) is 10.7. The third kappa shape index (κ3) is 3.10. The van der Waals surface area contributed by atoms with Crippen LogP contribution in [0.25, 0.3) is 5.65 Å². The van der Waals surface area contributed by atoms with E-state index >= 15 is 0 Å². The molecule has 1 N–H and O–H groups in total. The number of nitrogens with zero attached hydrogens (tertiary/aromatic N) is 2. The predicted octanol–water partition coefficient (Wildman–Crippen LogP) is 2.59. The van der Waals surface area contributed by atoms with Gasteiger partial charge in [0.1, 0.15) is 11.2 Å². The van der Waals surface area contributed by atoms with E-state index in [-0.39, 0.29) is 17.7 Å². The number of rotatable bonds is 3. The van der Waals surface area contributed by atoms with Crippen molar-refractivity contribution in [3.8, 4) is 0 Å². The van der Waals surface area contributed by atoms with Crippen LogP contribution in [0.2, 0.25) is 5.02 Å². The van der Waals surface area contributed by atoms with Crippen LogP contribution in [-0.2, 0) is 6.54 Å². The standard InChI is InChI=1S/C17H14ClN3O2/c1-11-15(17(23)21-8-3-2-7-14(21)20-11)16(22)19-10-12-5-4-6-13(18)9-12/h2-9H,10H2,1H3,(H,19,22). The van der Waals surface area contributed by atoms with Gasteiger partial charge in [0, 0.05) is 17.8 Å². The Labute approximate surface area is 137 Å². The van der Waals surface area contributed by atoms with Crippen LogP contribution in [0, 0.1) is 6.92 Å². The molecule has 6 heteroatoms. The van der Waals surface area contributed by atoms with Gasteiger partial charge in [-0.1, -0.05) is 29.8 Å². The molecule has 3 rings (SSSR count). The molecule has 0 fully saturated rings. The Kier molecular flexibility index (Phi) is 4.12. The SMILES string of the molecule is Cc1nc2ccccn2c(=O)c1C(=O)NCc1cccc(Cl)c1. The summed E-state index contributed by atoms with van der Waals surface area (Å²) in [4.78, 5) is 29.2. The monoisotopic (exact) mass is 327 g/mol. The highest BCUT2D eigenvalue weighted by molar-refractivity contribution is 6.30. The molecule has 0 saturated heterocycles. The van der Waals surface area contributed by atoms with Gasteiger partial charge in [0.05, 0.1) is 5.69 Å². The molecule has 116 valence electrons. The highest BCUT2D eigenvalue weighted by Crippen LogP contribution is 2.10. The van der Waals surface area contributed by atoms with Crippen molar-refractivity contribution >= 4 is 23.2 Å². The number of nitrogens with one attached hydrogen (secondary N) is 1. The lowest BCUT2D eigenvalue weighted by Gasteiger charge is -2.09. The molecule has 0 aliphatic rings. The van der Waals surface area contributed by atoms with E-state index in [2.05, 4.69) is 10.3 Å². The minimum Gasteiger partial charge on any atom is -0.348 e. The highest BCUT2D eigenvalue weighted by atomic mass is 35.5. The fourth-order valence-electron chi connectivity index (χ4n) is 2.38. The maximum absolute atomic E-state index is 12.5. The van der Waals surface area contributed by atoms with E-state index in [1.54, 1.807) is 43.5 Å². The summed E-state index contributed by atoms with van der Waals surface area (Å²) >= 11 is 5.92. The zero-order chi connectivity index (χ0) is 16.4. The lowest BCUT2D eigenvalue weighted by atomic mass is 10.2. The van der Waals surface area contributed by atoms with Crippen LogP contribution in [0.15, 0.2) is 53.5 Å². The largest absolute Gasteiger partial charge is 0.348 e. The van der Waals surface area contributed by atoms with Gasteiger partial charge >= 0.3 is 0 Å². The topological polar surface area (TPSA) is 63.5 Å². The number of aryl methyl sites for hydroxylation is 1. The second kappa shape index (κ2) is 6.22. The van der Waals surface area contributed by atoms with Gasteiger partial charge in [-0.15, -0.1) is 0 Å². The van der Waals surface area contributed by atoms with Crippen LogP contribution in [-0.4, -0.2) is 15.3 Å². The fourth-order valence-corrected chi connectivity index (χ4v) is 2.59. The lowest BCUT2D eigenvalue weighted by molar-refractivity contribution is 0.0948. The predicted molar refractivity (Wildman–Crippen MR) is 88.8 cm³/mol. The smallest absolute Gasteiger partial charge is 0.270 e. The van der Waals surface area contributed by atoms with E-state index in [4.69, 9.17) is 11.6 Å². The van der Waals surface area contributed by atoms with Gasteiger partial charge in [-0.2, -0.15) is 0 Å². The van der Waals surface area contributed by atoms with Crippen molar-refractivity contribution in [1.29, 1.82) is 0 Å². The summed E-state index contributed by atoms with van der Waals surface area (Å²) in [5.74, 6) is -0.446. The van der Waals surface area contributed by atoms with Gasteiger partial charge < -0.3 is 5.32 Å². The molecule has 0 unspecified atom stereocenters. The van der Waals surface area contributed by atoms with Crippen molar-refractivity contribution in [2.45, 2.75) is 13.5 Å². The van der Waals surface area contributed by atoms with Gasteiger partial charge in [-0.05, 0) is 36.8 Å². The zero-order valence-electron chi connectivity index (χ0n) is 12.4. The summed E-state index contributed by atoms with van der Waals surface area (Å²) in [5.41, 5.74) is 1.45. The third-order valence-electron chi connectivity index (χ3n) is 3.48. The summed E-state index contributed by atoms with van der Waals surface area (Å²) in [5, 5.41) is 3.34. The minimum atomic E-state index is -0.446. The van der Waals surface area contributed by atoms with E-state index in [0.717, 1.165) is 5.56 Å². The van der Waals surface area contributed by atoms with Crippen molar-refractivity contribution < 1.29 is 4.79 Å². The number of carbonyl (C=O) groups is 1. The Balaban J connectivity index is 1.90. The van der Waals surface area contributed by atoms with Crippen LogP contribution in [0.4, 0.5) is 0 Å². The van der Waals surface area contributed by atoms with E-state index < -0.39 is 5.91 Å². The van der Waals surface area contributed by atoms with Crippen LogP contribution in [0.5, 0.6) is 0 Å². The number of fused-ring (bicyclic) bond motifs is 1. The van der Waals surface area contributed by atoms with E-state index in [1.807, 2.05) is 12.1 Å². The highest BCUT2D eigenvalue weighted by Gasteiger charge is 2.16. The molecule has 5 nitrogen and oxygen atoms in total. The quantitative estimate of drug-likeness (QED) is 0.804. The molecule has 0 saturated carbocycles. The number of benzene rings is 1. The van der Waals surface area contributed by atoms with Gasteiger partial charge in [-0.3, -0.25) is 14.0 Å². The van der Waals surface area contributed by atoms with Crippen LogP contribution in [0.3, 0.4) is 0 Å². The number of pyridine rings is 1. The van der Waals surface area contributed by atoms with E-state index in [1.165, 1.54) is 4.40 Å². The molecule has 23 heavy (non-hydrogen) atoms. The Bertz CT molecular complexity index is 950. The van der Waals surface area contributed by atoms with Crippen molar-refractivity contribution in [2.24, 2.45) is 0 Å². The maximum Gasteiger partial charge on any atom is 0.270 e. The van der Waals surface area contributed by atoms with Crippen molar-refractivity contribution in [1.82, 2.24) is 14.7 Å². The molecule has 0 aliphatic heterocycles. The first-order chi connectivity index (χ1) is 11.1. The Hall–Kier alpha value is -2.66. The summed E-state index contributed by atoms with van der Waals surface area (Å²) in [6.45, 7) is 1.94. The molecule has 0 aliphatic carbocycles. The summed E-state index contributed by atoms with van der Waals surface area (Å²) in [7, 11) is 0. The molecule has 0 radical (unpaired) electrons. The second-order valence-electron chi connectivity index (χ2n) is 5.12. The number of carbonyl (C=O) groups excluding carboxylic acids is 1. The first-order valence-electron chi connectivity index (χ1n) is 7.07. The molecular formula is C17H14ClN3O2. The lowest BCUT2D eigenvalue weighted by Crippen LogP contribution is -2.32. The molecule has 0 bridgehead atoms. The van der Waals surface area contributed by atoms with Crippen molar-refractivity contribution in [2.75, 3.05) is 0 Å². The first kappa shape index (κ1) is 15.2. The minimum absolute atomic E-state index is 0.0516. The molecule has 1 amide bonds. The van der Waals surface area contributed by atoms with Gasteiger partial charge in [0.2, 0.25) is 0 Å². The van der Waals surface area contributed by atoms with Crippen LogP contribution in [0.1, 0.15) is 21.6 Å². The Morgan fingerprint density at radius 2 is 2.09 bits per heavy atom. The second-order valence-corrected chi connectivity index (χ2v) is 5.56. The fraction of sp³-hybridized carbons (Fsp3) is 0.118. The molecule has 3 aromatic rings. The van der Waals surface area contributed by atoms with Crippen molar-refractivity contribution in [3.63, 3.8) is 0 Å². The zero-order valence-corrected chi connectivity index (χ0v) is 13.2. The van der Waals surface area contributed by atoms with Gasteiger partial charge in [0.25, 0.3) is 11.5 Å².